The molecule has 9 N–H and O–H groups in total. The standard InChI is InChI=1S/C18H15I3N2O5.C7H17NO5/c1-22-16(24)9-11(19)10(17(25)23-2)13(21)15(12(9)20)28-14(18(26)27)8-6-4-3-5-7-8;1-8-2-4(10)6(12)7(13)5(11)3-9/h3-7,14H,1-2H3,(H,22,24)(H,23,25)(H,26,27);4-13H,2-3H2,1H3/t;4-,5+,6+,7+/m.0/s1. The molecular weight excluding hydrogens is 883 g/mol. The Morgan fingerprint density at radius 2 is 1.27 bits per heavy atom. The van der Waals surface area contributed by atoms with Gasteiger partial charge in [-0.05, 0) is 74.8 Å². The van der Waals surface area contributed by atoms with Gasteiger partial charge in [0.1, 0.15) is 24.1 Å². The largest absolute Gasteiger partial charge is 0.478 e. The highest BCUT2D eigenvalue weighted by molar-refractivity contribution is 14.1. The molecule has 0 bridgehead atoms. The van der Waals surface area contributed by atoms with E-state index in [-0.39, 0.29) is 23.4 Å². The monoisotopic (exact) mass is 915 g/mol. The fourth-order valence-corrected chi connectivity index (χ4v) is 7.69. The molecular formula is C25H32I3N3O10. The topological polar surface area (TPSA) is 218 Å². The van der Waals surface area contributed by atoms with Crippen LogP contribution in [0.15, 0.2) is 30.3 Å². The van der Waals surface area contributed by atoms with Gasteiger partial charge in [-0.25, -0.2) is 4.79 Å². The van der Waals surface area contributed by atoms with Gasteiger partial charge in [0.15, 0.2) is 0 Å². The molecule has 2 rings (SSSR count). The SMILES string of the molecule is CNC(=O)c1c(I)c(OC(C(=O)O)c2ccccc2)c(I)c(C(=O)NC)c1I.CNC[C@H](O)[C@@H](O)[C@H](O)[C@H](O)CO. The van der Waals surface area contributed by atoms with Crippen LogP contribution in [0.1, 0.15) is 32.4 Å². The average molecular weight is 915 g/mol. The second kappa shape index (κ2) is 18.3. The molecule has 228 valence electrons. The number of aliphatic hydroxyl groups excluding tert-OH is 5. The molecule has 13 nitrogen and oxygen atoms in total. The molecule has 0 radical (unpaired) electrons. The number of hydrogen-bond donors (Lipinski definition) is 9. The van der Waals surface area contributed by atoms with E-state index in [9.17, 15) is 24.6 Å². The molecule has 0 heterocycles. The number of hydrogen-bond acceptors (Lipinski definition) is 10. The molecule has 0 saturated carbocycles. The summed E-state index contributed by atoms with van der Waals surface area (Å²) in [6.07, 6.45) is -6.94. The maximum Gasteiger partial charge on any atom is 0.349 e. The molecule has 0 aromatic heterocycles. The van der Waals surface area contributed by atoms with Gasteiger partial charge in [0.2, 0.25) is 6.10 Å². The number of carbonyl (C=O) groups is 3. The first kappa shape index (κ1) is 37.6. The smallest absolute Gasteiger partial charge is 0.349 e. The van der Waals surface area contributed by atoms with Gasteiger partial charge in [-0.3, -0.25) is 9.59 Å². The number of ether oxygens (including phenoxy) is 1. The van der Waals surface area contributed by atoms with E-state index in [0.717, 1.165) is 0 Å². The van der Waals surface area contributed by atoms with Crippen molar-refractivity contribution in [3.8, 4) is 5.75 Å². The predicted octanol–water partition coefficient (Wildman–Crippen LogP) is 0.0660. The van der Waals surface area contributed by atoms with Crippen LogP contribution < -0.4 is 20.7 Å². The van der Waals surface area contributed by atoms with E-state index in [0.29, 0.717) is 16.3 Å². The average Bonchev–Trinajstić information content (AvgIpc) is 2.96. The molecule has 1 unspecified atom stereocenters. The van der Waals surface area contributed by atoms with Crippen molar-refractivity contribution >= 4 is 85.6 Å². The van der Waals surface area contributed by atoms with Crippen LogP contribution >= 0.6 is 67.8 Å². The summed E-state index contributed by atoms with van der Waals surface area (Å²) in [5.41, 5.74) is 0.966. The second-order valence-electron chi connectivity index (χ2n) is 8.28. The minimum Gasteiger partial charge on any atom is -0.478 e. The summed E-state index contributed by atoms with van der Waals surface area (Å²) < 4.78 is 7.20. The van der Waals surface area contributed by atoms with Crippen LogP contribution in [0.5, 0.6) is 5.75 Å². The zero-order valence-corrected chi connectivity index (χ0v) is 28.6. The quantitative estimate of drug-likeness (QED) is 0.130. The van der Waals surface area contributed by atoms with Crippen LogP contribution in [0, 0.1) is 10.7 Å². The van der Waals surface area contributed by atoms with Crippen LogP contribution in [-0.2, 0) is 4.79 Å². The van der Waals surface area contributed by atoms with Crippen molar-refractivity contribution in [2.45, 2.75) is 30.5 Å². The Morgan fingerprint density at radius 1 is 0.805 bits per heavy atom. The Kier molecular flexibility index (Phi) is 16.8. The van der Waals surface area contributed by atoms with Gasteiger partial charge in [-0.15, -0.1) is 0 Å². The van der Waals surface area contributed by atoms with Gasteiger partial charge in [-0.1, -0.05) is 30.3 Å². The van der Waals surface area contributed by atoms with E-state index >= 15 is 0 Å². The van der Waals surface area contributed by atoms with Crippen LogP contribution in [0.25, 0.3) is 0 Å². The van der Waals surface area contributed by atoms with Crippen molar-refractivity contribution in [2.24, 2.45) is 0 Å². The number of nitrogens with one attached hydrogen (secondary N) is 3. The van der Waals surface area contributed by atoms with E-state index in [4.69, 9.17) is 25.2 Å². The first-order valence-electron chi connectivity index (χ1n) is 11.8. The van der Waals surface area contributed by atoms with E-state index in [1.807, 2.05) is 67.8 Å². The van der Waals surface area contributed by atoms with Crippen molar-refractivity contribution in [2.75, 3.05) is 34.3 Å². The lowest BCUT2D eigenvalue weighted by molar-refractivity contribution is -0.145. The molecule has 2 aromatic carbocycles. The summed E-state index contributed by atoms with van der Waals surface area (Å²) in [7, 11) is 4.54. The zero-order valence-electron chi connectivity index (χ0n) is 22.1. The van der Waals surface area contributed by atoms with Crippen molar-refractivity contribution < 1.29 is 49.8 Å². The summed E-state index contributed by atoms with van der Waals surface area (Å²) in [5.74, 6) is -1.80. The van der Waals surface area contributed by atoms with Gasteiger partial charge < -0.3 is 51.3 Å². The van der Waals surface area contributed by atoms with Gasteiger partial charge in [0.05, 0.1) is 31.0 Å². The summed E-state index contributed by atoms with van der Waals surface area (Å²) in [6, 6.07) is 8.48. The highest BCUT2D eigenvalue weighted by Gasteiger charge is 2.32. The number of carboxylic acid groups (broad SMARTS) is 1. The molecule has 5 atom stereocenters. The first-order valence-corrected chi connectivity index (χ1v) is 15.1. The predicted molar refractivity (Wildman–Crippen MR) is 174 cm³/mol. The van der Waals surface area contributed by atoms with Gasteiger partial charge in [-0.2, -0.15) is 0 Å². The van der Waals surface area contributed by atoms with Crippen molar-refractivity contribution in [1.29, 1.82) is 0 Å². The third kappa shape index (κ3) is 10.1. The lowest BCUT2D eigenvalue weighted by atomic mass is 10.0. The van der Waals surface area contributed by atoms with Crippen LogP contribution in [0.4, 0.5) is 0 Å². The number of aliphatic carboxylic acids is 1. The number of amides is 2. The molecule has 16 heteroatoms. The summed E-state index contributed by atoms with van der Waals surface area (Å²) in [5, 5.41) is 62.3. The van der Waals surface area contributed by atoms with E-state index in [1.54, 1.807) is 37.4 Å². The Balaban J connectivity index is 0.000000545. The summed E-state index contributed by atoms with van der Waals surface area (Å²) in [4.78, 5) is 36.7. The van der Waals surface area contributed by atoms with Crippen LogP contribution in [0.3, 0.4) is 0 Å². The summed E-state index contributed by atoms with van der Waals surface area (Å²) in [6.45, 7) is -0.569. The molecule has 0 aliphatic rings. The van der Waals surface area contributed by atoms with Crippen molar-refractivity contribution in [3.05, 3.63) is 57.7 Å². The van der Waals surface area contributed by atoms with E-state index < -0.39 is 54.9 Å². The lowest BCUT2D eigenvalue weighted by Crippen LogP contribution is -2.48. The van der Waals surface area contributed by atoms with Gasteiger partial charge in [0.25, 0.3) is 11.8 Å². The normalized spacial score (nSPS) is 14.4. The lowest BCUT2D eigenvalue weighted by Gasteiger charge is -2.25. The maximum atomic E-state index is 12.4. The minimum atomic E-state index is -1.55. The van der Waals surface area contributed by atoms with E-state index in [1.165, 1.54) is 14.1 Å². The van der Waals surface area contributed by atoms with Crippen molar-refractivity contribution in [1.82, 2.24) is 16.0 Å². The Bertz CT molecular complexity index is 1150. The zero-order chi connectivity index (χ0) is 31.4. The number of aliphatic hydroxyl groups is 5. The number of benzene rings is 2. The number of halogens is 3. The van der Waals surface area contributed by atoms with Gasteiger partial charge >= 0.3 is 5.97 Å². The Hall–Kier alpha value is -1.40. The summed E-state index contributed by atoms with van der Waals surface area (Å²) >= 11 is 5.82. The van der Waals surface area contributed by atoms with Gasteiger partial charge in [0, 0.05) is 29.8 Å². The van der Waals surface area contributed by atoms with Crippen LogP contribution in [0.2, 0.25) is 0 Å². The van der Waals surface area contributed by atoms with E-state index in [2.05, 4.69) is 16.0 Å². The Labute approximate surface area is 277 Å². The maximum absolute atomic E-state index is 12.4. The highest BCUT2D eigenvalue weighted by Crippen LogP contribution is 2.39. The Morgan fingerprint density at radius 3 is 1.66 bits per heavy atom. The molecule has 2 amide bonds. The fourth-order valence-electron chi connectivity index (χ4n) is 3.29. The molecule has 2 aromatic rings. The first-order chi connectivity index (χ1) is 19.3. The third-order valence-corrected chi connectivity index (χ3v) is 8.62. The molecule has 41 heavy (non-hydrogen) atoms. The second-order valence-corrected chi connectivity index (χ2v) is 11.5. The van der Waals surface area contributed by atoms with Crippen molar-refractivity contribution in [3.63, 3.8) is 0 Å². The fraction of sp³-hybridized carbons (Fsp3) is 0.400. The molecule has 0 spiro atoms. The number of carbonyl (C=O) groups excluding carboxylic acids is 2. The number of carboxylic acids is 1. The molecule has 0 aliphatic heterocycles. The minimum absolute atomic E-state index is 0.0936. The molecule has 0 aliphatic carbocycles. The number of likely N-dealkylation sites (N-methyl/N-ethyl adjacent to an activating group) is 1. The molecule has 0 fully saturated rings. The number of rotatable bonds is 12. The highest BCUT2D eigenvalue weighted by atomic mass is 127. The molecule has 0 saturated heterocycles. The van der Waals surface area contributed by atoms with Crippen LogP contribution in [-0.4, -0.2) is 107 Å². The third-order valence-electron chi connectivity index (χ3n) is 5.49.